The van der Waals surface area contributed by atoms with Crippen molar-refractivity contribution in [3.8, 4) is 0 Å². The van der Waals surface area contributed by atoms with Crippen LogP contribution >= 0.6 is 0 Å². The normalized spacial score (nSPS) is 22.7. The number of nitrogens with zero attached hydrogens (tertiary/aromatic N) is 1. The highest BCUT2D eigenvalue weighted by Gasteiger charge is 2.32. The van der Waals surface area contributed by atoms with Gasteiger partial charge < -0.3 is 5.11 Å². The van der Waals surface area contributed by atoms with E-state index < -0.39 is 16.1 Å². The zero-order valence-corrected chi connectivity index (χ0v) is 12.0. The average Bonchev–Trinajstić information content (AvgIpc) is 2.66. The Labute approximate surface area is 114 Å². The van der Waals surface area contributed by atoms with Gasteiger partial charge >= 0.3 is 0 Å². The minimum atomic E-state index is -3.15. The predicted molar refractivity (Wildman–Crippen MR) is 74.4 cm³/mol. The number of nitrogens with one attached hydrogen (secondary N) is 1. The van der Waals surface area contributed by atoms with E-state index >= 15 is 0 Å². The minimum Gasteiger partial charge on any atom is -0.387 e. The Morgan fingerprint density at radius 1 is 1.42 bits per heavy atom. The monoisotopic (exact) mass is 284 g/mol. The van der Waals surface area contributed by atoms with E-state index in [4.69, 9.17) is 0 Å². The highest BCUT2D eigenvalue weighted by molar-refractivity contribution is 7.88. The molecule has 2 rings (SSSR count). The zero-order chi connectivity index (χ0) is 14.0. The van der Waals surface area contributed by atoms with E-state index in [0.717, 1.165) is 18.2 Å². The van der Waals surface area contributed by atoms with E-state index in [9.17, 15) is 13.5 Å². The zero-order valence-electron chi connectivity index (χ0n) is 11.2. The molecule has 19 heavy (non-hydrogen) atoms. The molecule has 0 spiro atoms. The van der Waals surface area contributed by atoms with E-state index in [0.29, 0.717) is 13.1 Å². The molecule has 0 saturated heterocycles. The maximum Gasteiger partial charge on any atom is 0.208 e. The van der Waals surface area contributed by atoms with Gasteiger partial charge in [0.1, 0.15) is 0 Å². The highest BCUT2D eigenvalue weighted by Crippen LogP contribution is 2.33. The summed E-state index contributed by atoms with van der Waals surface area (Å²) in [5.74, 6) is 0. The largest absolute Gasteiger partial charge is 0.387 e. The molecule has 0 radical (unpaired) electrons. The molecule has 1 aliphatic carbocycles. The van der Waals surface area contributed by atoms with E-state index in [1.54, 1.807) is 0 Å². The van der Waals surface area contributed by atoms with Crippen molar-refractivity contribution >= 4 is 10.0 Å². The van der Waals surface area contributed by atoms with E-state index in [1.807, 2.05) is 36.2 Å². The lowest BCUT2D eigenvalue weighted by molar-refractivity contribution is 0.0773. The molecule has 5 nitrogen and oxygen atoms in total. The fourth-order valence-corrected chi connectivity index (χ4v) is 2.99. The summed E-state index contributed by atoms with van der Waals surface area (Å²) in [4.78, 5) is 2.00. The van der Waals surface area contributed by atoms with Crippen molar-refractivity contribution in [3.63, 3.8) is 0 Å². The Morgan fingerprint density at radius 2 is 2.11 bits per heavy atom. The van der Waals surface area contributed by atoms with Gasteiger partial charge in [-0.2, -0.15) is 0 Å². The van der Waals surface area contributed by atoms with Gasteiger partial charge in [-0.25, -0.2) is 13.1 Å². The van der Waals surface area contributed by atoms with Gasteiger partial charge in [0.25, 0.3) is 0 Å². The molecule has 1 aromatic carbocycles. The Bertz CT molecular complexity index is 545. The summed E-state index contributed by atoms with van der Waals surface area (Å²) in [7, 11) is -1.24. The Kier molecular flexibility index (Phi) is 4.25. The molecule has 1 aliphatic rings. The molecule has 2 N–H and O–H groups in total. The summed E-state index contributed by atoms with van der Waals surface area (Å²) in [6.45, 7) is 0.928. The fourth-order valence-electron chi connectivity index (χ4n) is 2.52. The first-order valence-electron chi connectivity index (χ1n) is 6.29. The molecular weight excluding hydrogens is 264 g/mol. The van der Waals surface area contributed by atoms with Gasteiger partial charge in [0.2, 0.25) is 10.0 Å². The van der Waals surface area contributed by atoms with Crippen molar-refractivity contribution in [2.24, 2.45) is 0 Å². The molecule has 106 valence electrons. The number of aliphatic hydroxyl groups is 1. The van der Waals surface area contributed by atoms with Crippen LogP contribution in [-0.2, 0) is 16.4 Å². The summed E-state index contributed by atoms with van der Waals surface area (Å²) in [5.41, 5.74) is 2.15. The summed E-state index contributed by atoms with van der Waals surface area (Å²) in [5, 5.41) is 10.3. The van der Waals surface area contributed by atoms with Crippen molar-refractivity contribution in [2.45, 2.75) is 18.6 Å². The summed E-state index contributed by atoms with van der Waals surface area (Å²) in [6, 6.07) is 7.89. The van der Waals surface area contributed by atoms with Crippen LogP contribution in [0.15, 0.2) is 24.3 Å². The van der Waals surface area contributed by atoms with Crippen LogP contribution in [0.1, 0.15) is 17.2 Å². The molecular formula is C13H20N2O3S. The van der Waals surface area contributed by atoms with Crippen molar-refractivity contribution in [2.75, 3.05) is 26.4 Å². The molecule has 0 aromatic heterocycles. The summed E-state index contributed by atoms with van der Waals surface area (Å²) >= 11 is 0. The Balaban J connectivity index is 1.94. The van der Waals surface area contributed by atoms with Crippen molar-refractivity contribution in [1.82, 2.24) is 9.62 Å². The van der Waals surface area contributed by atoms with Crippen molar-refractivity contribution < 1.29 is 13.5 Å². The van der Waals surface area contributed by atoms with Gasteiger partial charge in [-0.1, -0.05) is 24.3 Å². The maximum atomic E-state index is 11.0. The van der Waals surface area contributed by atoms with E-state index in [-0.39, 0.29) is 6.04 Å². The lowest BCUT2D eigenvalue weighted by atomic mass is 10.1. The average molecular weight is 284 g/mol. The van der Waals surface area contributed by atoms with Gasteiger partial charge in [-0.05, 0) is 24.6 Å². The molecule has 0 heterocycles. The van der Waals surface area contributed by atoms with Crippen LogP contribution in [0, 0.1) is 0 Å². The topological polar surface area (TPSA) is 69.6 Å². The van der Waals surface area contributed by atoms with E-state index in [2.05, 4.69) is 4.72 Å². The van der Waals surface area contributed by atoms with Gasteiger partial charge in [-0.15, -0.1) is 0 Å². The third-order valence-electron chi connectivity index (χ3n) is 3.56. The molecule has 0 aliphatic heterocycles. The van der Waals surface area contributed by atoms with E-state index in [1.165, 1.54) is 5.56 Å². The SMILES string of the molecule is CN(CCNS(C)(=O)=O)[C@H]1Cc2ccccc2[C@H]1O. The van der Waals surface area contributed by atoms with Crippen LogP contribution in [0.25, 0.3) is 0 Å². The van der Waals surface area contributed by atoms with Crippen LogP contribution in [0.5, 0.6) is 0 Å². The van der Waals surface area contributed by atoms with Crippen LogP contribution in [-0.4, -0.2) is 50.9 Å². The van der Waals surface area contributed by atoms with Crippen molar-refractivity contribution in [1.29, 1.82) is 0 Å². The standard InChI is InChI=1S/C13H20N2O3S/c1-15(8-7-14-19(2,17)18)12-9-10-5-3-4-6-11(10)13(12)16/h3-6,12-14,16H,7-9H2,1-2H3/t12-,13+/m0/s1. The van der Waals surface area contributed by atoms with Gasteiger partial charge in [0.15, 0.2) is 0 Å². The summed E-state index contributed by atoms with van der Waals surface area (Å²) < 4.78 is 24.5. The van der Waals surface area contributed by atoms with Gasteiger partial charge in [0.05, 0.1) is 12.4 Å². The number of rotatable bonds is 5. The first-order valence-corrected chi connectivity index (χ1v) is 8.18. The third kappa shape index (κ3) is 3.54. The fraction of sp³-hybridized carbons (Fsp3) is 0.538. The molecule has 0 bridgehead atoms. The maximum absolute atomic E-state index is 11.0. The first kappa shape index (κ1) is 14.5. The molecule has 0 amide bonds. The quantitative estimate of drug-likeness (QED) is 0.806. The third-order valence-corrected chi connectivity index (χ3v) is 4.29. The number of benzene rings is 1. The number of aliphatic hydroxyl groups excluding tert-OH is 1. The number of fused-ring (bicyclic) bond motifs is 1. The molecule has 1 aromatic rings. The predicted octanol–water partition coefficient (Wildman–Crippen LogP) is 0.126. The van der Waals surface area contributed by atoms with Crippen LogP contribution in [0.3, 0.4) is 0 Å². The molecule has 6 heteroatoms. The number of likely N-dealkylation sites (N-methyl/N-ethyl adjacent to an activating group) is 1. The second kappa shape index (κ2) is 5.58. The van der Waals surface area contributed by atoms with Gasteiger partial charge in [-0.3, -0.25) is 4.90 Å². The number of sulfonamides is 1. The van der Waals surface area contributed by atoms with Crippen LogP contribution in [0.4, 0.5) is 0 Å². The lowest BCUT2D eigenvalue weighted by Gasteiger charge is -2.27. The van der Waals surface area contributed by atoms with Crippen LogP contribution < -0.4 is 4.72 Å². The molecule has 0 fully saturated rings. The lowest BCUT2D eigenvalue weighted by Crippen LogP contribution is -2.40. The molecule has 0 saturated carbocycles. The second-order valence-electron chi connectivity index (χ2n) is 5.06. The smallest absolute Gasteiger partial charge is 0.208 e. The summed E-state index contributed by atoms with van der Waals surface area (Å²) in [6.07, 6.45) is 1.44. The van der Waals surface area contributed by atoms with Crippen LogP contribution in [0.2, 0.25) is 0 Å². The molecule has 2 atom stereocenters. The van der Waals surface area contributed by atoms with Gasteiger partial charge in [0, 0.05) is 19.1 Å². The first-order chi connectivity index (χ1) is 8.88. The number of hydrogen-bond acceptors (Lipinski definition) is 4. The highest BCUT2D eigenvalue weighted by atomic mass is 32.2. The Hall–Kier alpha value is -0.950. The minimum absolute atomic E-state index is 0.0127. The van der Waals surface area contributed by atoms with Crippen molar-refractivity contribution in [3.05, 3.63) is 35.4 Å². The second-order valence-corrected chi connectivity index (χ2v) is 6.90. The number of hydrogen-bond donors (Lipinski definition) is 2. The Morgan fingerprint density at radius 3 is 2.74 bits per heavy atom. The molecule has 0 unspecified atom stereocenters.